The summed E-state index contributed by atoms with van der Waals surface area (Å²) in [5.41, 5.74) is 0. The summed E-state index contributed by atoms with van der Waals surface area (Å²) in [5, 5.41) is 23.8. The second-order valence-corrected chi connectivity index (χ2v) is 17.9. The van der Waals surface area contributed by atoms with Crippen LogP contribution in [0.3, 0.4) is 0 Å². The average molecular weight is 892 g/mol. The number of hydrogen-bond acceptors (Lipinski definition) is 5. The molecule has 0 aromatic rings. The molecule has 0 bridgehead atoms. The molecule has 0 aromatic carbocycles. The van der Waals surface area contributed by atoms with Crippen LogP contribution in [0.4, 0.5) is 0 Å². The predicted molar refractivity (Wildman–Crippen MR) is 278 cm³/mol. The summed E-state index contributed by atoms with van der Waals surface area (Å²) in [4.78, 5) is 26.2. The van der Waals surface area contributed by atoms with Gasteiger partial charge in [0.2, 0.25) is 5.91 Å². The number of allylic oxidation sites excluding steroid dienone is 14. The van der Waals surface area contributed by atoms with Crippen LogP contribution in [-0.2, 0) is 14.3 Å². The number of carbonyl (C=O) groups excluding carboxylic acids is 2. The minimum atomic E-state index is -0.806. The fraction of sp³-hybridized carbons (Fsp3) is 0.724. The highest BCUT2D eigenvalue weighted by atomic mass is 16.5. The lowest BCUT2D eigenvalue weighted by atomic mass is 10.0. The smallest absolute Gasteiger partial charge is 0.306 e. The SMILES string of the molecule is CC/C=C/C/C=C/C/C=C/C/C=C/C/C=C/CCC(=O)OC(CCCCCCCCC/C=C\C/C=C\CCCCC)CC(=O)NC(CO)C(O)CCCCCCCCCCCCCC. The van der Waals surface area contributed by atoms with Crippen molar-refractivity contribution in [1.29, 1.82) is 0 Å². The Morgan fingerprint density at radius 2 is 0.844 bits per heavy atom. The molecule has 64 heavy (non-hydrogen) atoms. The van der Waals surface area contributed by atoms with E-state index in [0.29, 0.717) is 19.3 Å². The zero-order valence-corrected chi connectivity index (χ0v) is 41.9. The summed E-state index contributed by atoms with van der Waals surface area (Å²) < 4.78 is 5.90. The van der Waals surface area contributed by atoms with Crippen molar-refractivity contribution < 1.29 is 24.5 Å². The summed E-state index contributed by atoms with van der Waals surface area (Å²) >= 11 is 0. The summed E-state index contributed by atoms with van der Waals surface area (Å²) in [6.45, 7) is 6.33. The molecule has 0 aliphatic carbocycles. The molecule has 0 spiro atoms. The number of hydrogen-bond donors (Lipinski definition) is 3. The van der Waals surface area contributed by atoms with Gasteiger partial charge in [-0.3, -0.25) is 9.59 Å². The minimum Gasteiger partial charge on any atom is -0.462 e. The maximum Gasteiger partial charge on any atom is 0.306 e. The number of rotatable bonds is 47. The first-order valence-corrected chi connectivity index (χ1v) is 26.8. The van der Waals surface area contributed by atoms with Crippen molar-refractivity contribution in [2.45, 2.75) is 264 Å². The molecule has 0 saturated carbocycles. The number of esters is 1. The molecule has 0 rings (SSSR count). The van der Waals surface area contributed by atoms with Crippen LogP contribution in [0.5, 0.6) is 0 Å². The third kappa shape index (κ3) is 45.6. The second-order valence-electron chi connectivity index (χ2n) is 17.9. The predicted octanol–water partition coefficient (Wildman–Crippen LogP) is 16.3. The lowest BCUT2D eigenvalue weighted by molar-refractivity contribution is -0.150. The number of aliphatic hydroxyl groups excluding tert-OH is 2. The molecule has 368 valence electrons. The first kappa shape index (κ1) is 61.0. The summed E-state index contributed by atoms with van der Waals surface area (Å²) in [7, 11) is 0. The van der Waals surface area contributed by atoms with Gasteiger partial charge < -0.3 is 20.3 Å². The van der Waals surface area contributed by atoms with Crippen LogP contribution < -0.4 is 5.32 Å². The summed E-state index contributed by atoms with van der Waals surface area (Å²) in [5.74, 6) is -0.582. The lowest BCUT2D eigenvalue weighted by Gasteiger charge is -2.24. The molecule has 6 nitrogen and oxygen atoms in total. The Hall–Kier alpha value is -2.96. The molecular formula is C58H101NO5. The molecule has 0 aromatic heterocycles. The van der Waals surface area contributed by atoms with Crippen molar-refractivity contribution in [1.82, 2.24) is 5.32 Å². The molecule has 3 N–H and O–H groups in total. The van der Waals surface area contributed by atoms with E-state index < -0.39 is 18.2 Å². The summed E-state index contributed by atoms with van der Waals surface area (Å²) in [6.07, 6.45) is 66.5. The van der Waals surface area contributed by atoms with Crippen molar-refractivity contribution in [3.8, 4) is 0 Å². The first-order valence-electron chi connectivity index (χ1n) is 26.8. The summed E-state index contributed by atoms with van der Waals surface area (Å²) in [6, 6.07) is -0.723. The fourth-order valence-electron chi connectivity index (χ4n) is 7.69. The third-order valence-electron chi connectivity index (χ3n) is 11.7. The van der Waals surface area contributed by atoms with Gasteiger partial charge >= 0.3 is 5.97 Å². The monoisotopic (exact) mass is 892 g/mol. The van der Waals surface area contributed by atoms with E-state index in [-0.39, 0.29) is 31.3 Å². The highest BCUT2D eigenvalue weighted by Gasteiger charge is 2.24. The number of aliphatic hydroxyl groups is 2. The van der Waals surface area contributed by atoms with Gasteiger partial charge in [-0.1, -0.05) is 228 Å². The molecule has 0 saturated heterocycles. The zero-order chi connectivity index (χ0) is 46.7. The van der Waals surface area contributed by atoms with Gasteiger partial charge in [-0.25, -0.2) is 0 Å². The standard InChI is InChI=1S/C58H101NO5/c1-4-7-10-13-16-19-22-25-27-29-30-32-34-37-40-43-46-49-54(64-58(63)51-48-45-42-39-36-33-31-28-26-23-20-17-14-11-8-5-2)52-57(62)59-55(53-60)56(61)50-47-44-41-38-35-24-21-18-15-12-9-6-3/h8,11,16-17,19-20,25-28,33,36,42,45,54-56,60-61H,4-7,9-10,12-15,18,21-24,29-32,34-35,37-41,43-44,46-53H2,1-3H3,(H,59,62)/b11-8+,19-16-,20-17+,27-25-,28-26+,36-33+,45-42+. The molecule has 0 radical (unpaired) electrons. The minimum absolute atomic E-state index is 0.0391. The van der Waals surface area contributed by atoms with Gasteiger partial charge in [0.1, 0.15) is 6.10 Å². The van der Waals surface area contributed by atoms with Crippen LogP contribution in [0, 0.1) is 0 Å². The fourth-order valence-corrected chi connectivity index (χ4v) is 7.69. The Kier molecular flexibility index (Phi) is 48.7. The molecule has 0 heterocycles. The van der Waals surface area contributed by atoms with Gasteiger partial charge in [0.05, 0.1) is 25.2 Å². The highest BCUT2D eigenvalue weighted by Crippen LogP contribution is 2.17. The van der Waals surface area contributed by atoms with Gasteiger partial charge in [0, 0.05) is 6.42 Å². The molecule has 0 aliphatic rings. The molecule has 3 atom stereocenters. The van der Waals surface area contributed by atoms with E-state index in [4.69, 9.17) is 4.74 Å². The Balaban J connectivity index is 4.72. The van der Waals surface area contributed by atoms with Crippen molar-refractivity contribution >= 4 is 11.9 Å². The Bertz CT molecular complexity index is 1230. The van der Waals surface area contributed by atoms with Crippen LogP contribution in [-0.4, -0.2) is 46.9 Å². The quantitative estimate of drug-likeness (QED) is 0.0321. The highest BCUT2D eigenvalue weighted by molar-refractivity contribution is 5.77. The Morgan fingerprint density at radius 1 is 0.469 bits per heavy atom. The first-order chi connectivity index (χ1) is 31.5. The maximum absolute atomic E-state index is 13.2. The molecular weight excluding hydrogens is 791 g/mol. The van der Waals surface area contributed by atoms with Crippen LogP contribution >= 0.6 is 0 Å². The van der Waals surface area contributed by atoms with Gasteiger partial charge in [-0.2, -0.15) is 0 Å². The van der Waals surface area contributed by atoms with Crippen LogP contribution in [0.25, 0.3) is 0 Å². The van der Waals surface area contributed by atoms with Gasteiger partial charge in [-0.15, -0.1) is 0 Å². The Morgan fingerprint density at radius 3 is 1.31 bits per heavy atom. The number of amides is 1. The van der Waals surface area contributed by atoms with E-state index in [0.717, 1.165) is 83.5 Å². The van der Waals surface area contributed by atoms with Crippen molar-refractivity contribution in [2.24, 2.45) is 0 Å². The topological polar surface area (TPSA) is 95.9 Å². The third-order valence-corrected chi connectivity index (χ3v) is 11.7. The van der Waals surface area contributed by atoms with E-state index in [1.165, 1.54) is 109 Å². The molecule has 1 amide bonds. The van der Waals surface area contributed by atoms with Crippen molar-refractivity contribution in [3.63, 3.8) is 0 Å². The van der Waals surface area contributed by atoms with Crippen molar-refractivity contribution in [3.05, 3.63) is 85.1 Å². The normalized spacial score (nSPS) is 13.9. The Labute approximate surface area is 395 Å². The van der Waals surface area contributed by atoms with Gasteiger partial charge in [-0.05, 0) is 89.9 Å². The average Bonchev–Trinajstić information content (AvgIpc) is 3.29. The number of ether oxygens (including phenoxy) is 1. The van der Waals surface area contributed by atoms with Crippen LogP contribution in [0.1, 0.15) is 245 Å². The second kappa shape index (κ2) is 51.0. The van der Waals surface area contributed by atoms with E-state index in [1.807, 2.05) is 6.08 Å². The van der Waals surface area contributed by atoms with E-state index >= 15 is 0 Å². The largest absolute Gasteiger partial charge is 0.462 e. The van der Waals surface area contributed by atoms with E-state index in [9.17, 15) is 19.8 Å². The zero-order valence-electron chi connectivity index (χ0n) is 41.9. The van der Waals surface area contributed by atoms with Crippen molar-refractivity contribution in [2.75, 3.05) is 6.61 Å². The number of carbonyl (C=O) groups is 2. The molecule has 6 heteroatoms. The maximum atomic E-state index is 13.2. The number of nitrogens with one attached hydrogen (secondary N) is 1. The van der Waals surface area contributed by atoms with E-state index in [2.05, 4.69) is 105 Å². The number of unbranched alkanes of at least 4 members (excludes halogenated alkanes) is 21. The lowest BCUT2D eigenvalue weighted by Crippen LogP contribution is -2.46. The van der Waals surface area contributed by atoms with Crippen LogP contribution in [0.2, 0.25) is 0 Å². The van der Waals surface area contributed by atoms with Gasteiger partial charge in [0.15, 0.2) is 0 Å². The van der Waals surface area contributed by atoms with Crippen LogP contribution in [0.15, 0.2) is 85.1 Å². The van der Waals surface area contributed by atoms with Gasteiger partial charge in [0.25, 0.3) is 0 Å². The van der Waals surface area contributed by atoms with E-state index in [1.54, 1.807) is 0 Å². The molecule has 0 fully saturated rings. The molecule has 0 aliphatic heterocycles. The molecule has 3 unspecified atom stereocenters.